The number of benzene rings is 2. The summed E-state index contributed by atoms with van der Waals surface area (Å²) in [6.45, 7) is 5.46. The van der Waals surface area contributed by atoms with Crippen LogP contribution < -0.4 is 16.4 Å². The van der Waals surface area contributed by atoms with Crippen LogP contribution in [0.3, 0.4) is 0 Å². The largest absolute Gasteiger partial charge is 0.397 e. The molecule has 0 unspecified atom stereocenters. The van der Waals surface area contributed by atoms with Crippen molar-refractivity contribution in [2.45, 2.75) is 26.8 Å². The summed E-state index contributed by atoms with van der Waals surface area (Å²) in [6, 6.07) is 11.6. The third kappa shape index (κ3) is 5.16. The van der Waals surface area contributed by atoms with Gasteiger partial charge in [-0.25, -0.2) is 4.39 Å². The van der Waals surface area contributed by atoms with Gasteiger partial charge in [-0.1, -0.05) is 19.1 Å². The molecule has 4 N–H and O–H groups in total. The van der Waals surface area contributed by atoms with Crippen LogP contribution in [0, 0.1) is 5.82 Å². The van der Waals surface area contributed by atoms with Crippen LogP contribution in [0.15, 0.2) is 48.2 Å². The van der Waals surface area contributed by atoms with E-state index in [-0.39, 0.29) is 5.82 Å². The normalized spacial score (nSPS) is 11.8. The zero-order valence-corrected chi connectivity index (χ0v) is 14.6. The van der Waals surface area contributed by atoms with Crippen LogP contribution in [0.1, 0.15) is 41.8 Å². The first-order valence-electron chi connectivity index (χ1n) is 8.33. The Bertz CT molecular complexity index is 754. The number of hydrogen-bond acceptors (Lipinski definition) is 4. The number of anilines is 1. The molecule has 0 bridgehead atoms. The van der Waals surface area contributed by atoms with Crippen molar-refractivity contribution < 1.29 is 9.18 Å². The van der Waals surface area contributed by atoms with Gasteiger partial charge in [-0.3, -0.25) is 4.79 Å². The minimum absolute atomic E-state index is 0.283. The Morgan fingerprint density at radius 2 is 1.92 bits per heavy atom. The Morgan fingerprint density at radius 1 is 1.20 bits per heavy atom. The molecule has 0 aliphatic heterocycles. The highest BCUT2D eigenvalue weighted by molar-refractivity contribution is 5.79. The van der Waals surface area contributed by atoms with Crippen molar-refractivity contribution in [1.82, 2.24) is 5.32 Å². The summed E-state index contributed by atoms with van der Waals surface area (Å²) in [7, 11) is 0. The highest BCUT2D eigenvalue weighted by Crippen LogP contribution is 2.20. The number of halogens is 1. The highest BCUT2D eigenvalue weighted by atomic mass is 19.1. The zero-order valence-electron chi connectivity index (χ0n) is 14.6. The first kappa shape index (κ1) is 18.7. The van der Waals surface area contributed by atoms with Crippen molar-refractivity contribution in [3.63, 3.8) is 0 Å². The molecular formula is C20H24FN3O. The van der Waals surface area contributed by atoms with Gasteiger partial charge in [0, 0.05) is 23.5 Å². The lowest BCUT2D eigenvalue weighted by Gasteiger charge is -2.13. The molecule has 0 heterocycles. The fourth-order valence-corrected chi connectivity index (χ4v) is 2.47. The Balaban J connectivity index is 2.23. The van der Waals surface area contributed by atoms with Gasteiger partial charge >= 0.3 is 0 Å². The standard InChI is InChI=1S/C20H24FN3O/c1-3-10-23-12-17-11-15(4-5-16(17)13-25)20(22)14(2)24-19-8-6-18(21)7-9-19/h4-9,11,13,23-24H,3,10,12,22H2,1-2H3/b20-14-. The van der Waals surface area contributed by atoms with Crippen LogP contribution in [-0.4, -0.2) is 12.8 Å². The minimum Gasteiger partial charge on any atom is -0.397 e. The van der Waals surface area contributed by atoms with E-state index in [1.807, 2.05) is 19.1 Å². The van der Waals surface area contributed by atoms with Gasteiger partial charge in [0.25, 0.3) is 0 Å². The van der Waals surface area contributed by atoms with Crippen LogP contribution in [-0.2, 0) is 6.54 Å². The molecule has 132 valence electrons. The van der Waals surface area contributed by atoms with Gasteiger partial charge in [0.1, 0.15) is 12.1 Å². The smallest absolute Gasteiger partial charge is 0.150 e. The molecule has 2 aromatic carbocycles. The van der Waals surface area contributed by atoms with Gasteiger partial charge < -0.3 is 16.4 Å². The fraction of sp³-hybridized carbons (Fsp3) is 0.250. The Hall–Kier alpha value is -2.66. The molecule has 0 radical (unpaired) electrons. The highest BCUT2D eigenvalue weighted by Gasteiger charge is 2.08. The van der Waals surface area contributed by atoms with Gasteiger partial charge in [0.05, 0.1) is 5.70 Å². The van der Waals surface area contributed by atoms with E-state index >= 15 is 0 Å². The monoisotopic (exact) mass is 341 g/mol. The van der Waals surface area contributed by atoms with Crippen molar-refractivity contribution in [3.8, 4) is 0 Å². The minimum atomic E-state index is -0.283. The molecule has 2 rings (SSSR count). The predicted molar refractivity (Wildman–Crippen MR) is 101 cm³/mol. The van der Waals surface area contributed by atoms with Crippen LogP contribution >= 0.6 is 0 Å². The zero-order chi connectivity index (χ0) is 18.2. The number of allylic oxidation sites excluding steroid dienone is 1. The van der Waals surface area contributed by atoms with E-state index in [0.717, 1.165) is 41.8 Å². The maximum absolute atomic E-state index is 13.0. The van der Waals surface area contributed by atoms with Crippen LogP contribution in [0.25, 0.3) is 5.70 Å². The second-order valence-electron chi connectivity index (χ2n) is 5.88. The second-order valence-corrected chi connectivity index (χ2v) is 5.88. The molecule has 25 heavy (non-hydrogen) atoms. The Labute approximate surface area is 147 Å². The van der Waals surface area contributed by atoms with Gasteiger partial charge in [-0.2, -0.15) is 0 Å². The van der Waals surface area contributed by atoms with Crippen LogP contribution in [0.4, 0.5) is 10.1 Å². The molecule has 0 spiro atoms. The average Bonchev–Trinajstić information content (AvgIpc) is 2.63. The molecule has 0 atom stereocenters. The van der Waals surface area contributed by atoms with E-state index in [2.05, 4.69) is 17.6 Å². The van der Waals surface area contributed by atoms with Crippen molar-refractivity contribution >= 4 is 17.7 Å². The van der Waals surface area contributed by atoms with Crippen LogP contribution in [0.2, 0.25) is 0 Å². The SMILES string of the molecule is CCCNCc1cc(/C(N)=C(\C)Nc2ccc(F)cc2)ccc1C=O. The summed E-state index contributed by atoms with van der Waals surface area (Å²) in [5, 5.41) is 6.47. The van der Waals surface area contributed by atoms with E-state index in [4.69, 9.17) is 5.73 Å². The number of rotatable bonds is 8. The van der Waals surface area contributed by atoms with E-state index in [9.17, 15) is 9.18 Å². The summed E-state index contributed by atoms with van der Waals surface area (Å²) < 4.78 is 13.0. The lowest BCUT2D eigenvalue weighted by atomic mass is 10.0. The van der Waals surface area contributed by atoms with Crippen molar-refractivity contribution in [2.75, 3.05) is 11.9 Å². The van der Waals surface area contributed by atoms with Gasteiger partial charge in [0.15, 0.2) is 0 Å². The molecular weight excluding hydrogens is 317 g/mol. The molecule has 5 heteroatoms. The molecule has 0 amide bonds. The lowest BCUT2D eigenvalue weighted by Crippen LogP contribution is -2.15. The number of carbonyl (C=O) groups excluding carboxylic acids is 1. The maximum Gasteiger partial charge on any atom is 0.150 e. The number of hydrogen-bond donors (Lipinski definition) is 3. The van der Waals surface area contributed by atoms with Crippen LogP contribution in [0.5, 0.6) is 0 Å². The second kappa shape index (κ2) is 8.99. The first-order chi connectivity index (χ1) is 12.0. The number of nitrogens with two attached hydrogens (primary N) is 1. The molecule has 0 aliphatic carbocycles. The summed E-state index contributed by atoms with van der Waals surface area (Å²) in [4.78, 5) is 11.2. The maximum atomic E-state index is 13.0. The average molecular weight is 341 g/mol. The van der Waals surface area contributed by atoms with Crippen molar-refractivity contribution in [1.29, 1.82) is 0 Å². The first-order valence-corrected chi connectivity index (χ1v) is 8.33. The van der Waals surface area contributed by atoms with Crippen molar-refractivity contribution in [2.24, 2.45) is 5.73 Å². The molecule has 0 fully saturated rings. The van der Waals surface area contributed by atoms with E-state index in [1.54, 1.807) is 18.2 Å². The molecule has 0 aliphatic rings. The van der Waals surface area contributed by atoms with E-state index in [1.165, 1.54) is 12.1 Å². The van der Waals surface area contributed by atoms with Gasteiger partial charge in [-0.05, 0) is 61.3 Å². The van der Waals surface area contributed by atoms with Gasteiger partial charge in [-0.15, -0.1) is 0 Å². The van der Waals surface area contributed by atoms with Crippen molar-refractivity contribution in [3.05, 3.63) is 70.7 Å². The molecule has 4 nitrogen and oxygen atoms in total. The molecule has 2 aromatic rings. The van der Waals surface area contributed by atoms with Gasteiger partial charge in [0.2, 0.25) is 0 Å². The third-order valence-electron chi connectivity index (χ3n) is 3.90. The summed E-state index contributed by atoms with van der Waals surface area (Å²) >= 11 is 0. The number of carbonyl (C=O) groups is 1. The van der Waals surface area contributed by atoms with E-state index < -0.39 is 0 Å². The third-order valence-corrected chi connectivity index (χ3v) is 3.90. The molecule has 0 saturated carbocycles. The summed E-state index contributed by atoms with van der Waals surface area (Å²) in [5.41, 5.74) is 10.8. The molecule has 0 aromatic heterocycles. The Morgan fingerprint density at radius 3 is 2.56 bits per heavy atom. The lowest BCUT2D eigenvalue weighted by molar-refractivity contribution is 0.112. The summed E-state index contributed by atoms with van der Waals surface area (Å²) in [6.07, 6.45) is 1.88. The quantitative estimate of drug-likeness (QED) is 0.503. The fourth-order valence-electron chi connectivity index (χ4n) is 2.47. The predicted octanol–water partition coefficient (Wildman–Crippen LogP) is 3.90. The summed E-state index contributed by atoms with van der Waals surface area (Å²) in [5.74, 6) is -0.283. The topological polar surface area (TPSA) is 67.2 Å². The number of aldehydes is 1. The number of nitrogens with one attached hydrogen (secondary N) is 2. The molecule has 0 saturated heterocycles. The van der Waals surface area contributed by atoms with E-state index in [0.29, 0.717) is 17.8 Å². The Kier molecular flexibility index (Phi) is 6.71.